The molecular weight excluding hydrogens is 499 g/mol. The SMILES string of the molecule is COCCOCCOc1ccc([C@H]2CCCC3CN(C(=O)c4ccc(C(F)(F)F)nc4)CCN32)c(C)c1C. The van der Waals surface area contributed by atoms with Crippen LogP contribution in [0.2, 0.25) is 0 Å². The van der Waals surface area contributed by atoms with Crippen LogP contribution in [0.4, 0.5) is 13.2 Å². The lowest BCUT2D eigenvalue weighted by Crippen LogP contribution is -2.57. The van der Waals surface area contributed by atoms with Gasteiger partial charge in [-0.2, -0.15) is 13.2 Å². The van der Waals surface area contributed by atoms with Crippen LogP contribution in [0.3, 0.4) is 0 Å². The highest BCUT2D eigenvalue weighted by molar-refractivity contribution is 5.94. The number of alkyl halides is 3. The number of benzene rings is 1. The number of carbonyl (C=O) groups excluding carboxylic acids is 1. The van der Waals surface area contributed by atoms with E-state index in [4.69, 9.17) is 14.2 Å². The summed E-state index contributed by atoms with van der Waals surface area (Å²) in [7, 11) is 1.64. The van der Waals surface area contributed by atoms with Crippen molar-refractivity contribution in [2.45, 2.75) is 51.4 Å². The summed E-state index contributed by atoms with van der Waals surface area (Å²) in [5.74, 6) is 0.585. The molecule has 2 saturated heterocycles. The molecule has 0 bridgehead atoms. The maximum absolute atomic E-state index is 13.0. The van der Waals surface area contributed by atoms with E-state index in [2.05, 4.69) is 29.8 Å². The van der Waals surface area contributed by atoms with Crippen LogP contribution in [-0.2, 0) is 15.7 Å². The van der Waals surface area contributed by atoms with Gasteiger partial charge in [-0.05, 0) is 68.0 Å². The Morgan fingerprint density at radius 2 is 1.82 bits per heavy atom. The Balaban J connectivity index is 1.39. The summed E-state index contributed by atoms with van der Waals surface area (Å²) in [6.45, 7) is 8.07. The highest BCUT2D eigenvalue weighted by Gasteiger charge is 2.38. The molecule has 0 spiro atoms. The molecule has 1 unspecified atom stereocenters. The first-order chi connectivity index (χ1) is 18.2. The van der Waals surface area contributed by atoms with E-state index in [0.717, 1.165) is 42.8 Å². The number of fused-ring (bicyclic) bond motifs is 1. The number of hydrogen-bond donors (Lipinski definition) is 0. The average Bonchev–Trinajstić information content (AvgIpc) is 2.91. The minimum absolute atomic E-state index is 0.185. The summed E-state index contributed by atoms with van der Waals surface area (Å²) >= 11 is 0. The van der Waals surface area contributed by atoms with Crippen molar-refractivity contribution in [2.24, 2.45) is 0 Å². The number of hydrogen-bond acceptors (Lipinski definition) is 6. The Morgan fingerprint density at radius 1 is 1.03 bits per heavy atom. The van der Waals surface area contributed by atoms with Gasteiger partial charge in [-0.3, -0.25) is 14.7 Å². The number of nitrogens with zero attached hydrogens (tertiary/aromatic N) is 3. The smallest absolute Gasteiger partial charge is 0.433 e. The molecule has 208 valence electrons. The lowest BCUT2D eigenvalue weighted by Gasteiger charge is -2.48. The van der Waals surface area contributed by atoms with Crippen LogP contribution in [0.1, 0.15) is 58.0 Å². The number of piperazine rings is 1. The molecule has 0 N–H and O–H groups in total. The third-order valence-electron chi connectivity index (χ3n) is 7.59. The first kappa shape index (κ1) is 28.3. The van der Waals surface area contributed by atoms with Gasteiger partial charge >= 0.3 is 6.18 Å². The summed E-state index contributed by atoms with van der Waals surface area (Å²) in [6, 6.07) is 6.73. The molecule has 7 nitrogen and oxygen atoms in total. The molecule has 38 heavy (non-hydrogen) atoms. The Labute approximate surface area is 221 Å². The number of pyridine rings is 1. The zero-order valence-electron chi connectivity index (χ0n) is 22.2. The lowest BCUT2D eigenvalue weighted by molar-refractivity contribution is -0.141. The molecule has 2 aromatic rings. The highest BCUT2D eigenvalue weighted by Crippen LogP contribution is 2.39. The summed E-state index contributed by atoms with van der Waals surface area (Å²) in [6.07, 6.45) is -0.424. The third-order valence-corrected chi connectivity index (χ3v) is 7.59. The maximum Gasteiger partial charge on any atom is 0.433 e. The molecule has 4 rings (SSSR count). The maximum atomic E-state index is 13.0. The van der Waals surface area contributed by atoms with Crippen molar-refractivity contribution in [1.82, 2.24) is 14.8 Å². The van der Waals surface area contributed by atoms with Gasteiger partial charge in [0.25, 0.3) is 5.91 Å². The second kappa shape index (κ2) is 12.4. The van der Waals surface area contributed by atoms with E-state index >= 15 is 0 Å². The monoisotopic (exact) mass is 535 g/mol. The van der Waals surface area contributed by atoms with Gasteiger partial charge in [0.1, 0.15) is 18.1 Å². The minimum atomic E-state index is -4.52. The lowest BCUT2D eigenvalue weighted by atomic mass is 9.86. The zero-order valence-corrected chi connectivity index (χ0v) is 22.2. The Bertz CT molecular complexity index is 1090. The van der Waals surface area contributed by atoms with Crippen LogP contribution in [0.15, 0.2) is 30.5 Å². The van der Waals surface area contributed by atoms with Gasteiger partial charge in [-0.25, -0.2) is 0 Å². The van der Waals surface area contributed by atoms with Gasteiger partial charge in [-0.15, -0.1) is 0 Å². The second-order valence-electron chi connectivity index (χ2n) is 9.88. The van der Waals surface area contributed by atoms with Gasteiger partial charge < -0.3 is 19.1 Å². The molecule has 2 aliphatic rings. The summed E-state index contributed by atoms with van der Waals surface area (Å²) in [4.78, 5) is 20.7. The molecule has 2 atom stereocenters. The fourth-order valence-corrected chi connectivity index (χ4v) is 5.43. The fraction of sp³-hybridized carbons (Fsp3) is 0.571. The van der Waals surface area contributed by atoms with Crippen LogP contribution in [0, 0.1) is 13.8 Å². The Kier molecular flexibility index (Phi) is 9.27. The molecule has 0 radical (unpaired) electrons. The first-order valence-electron chi connectivity index (χ1n) is 13.1. The first-order valence-corrected chi connectivity index (χ1v) is 13.1. The fourth-order valence-electron chi connectivity index (χ4n) is 5.43. The van der Waals surface area contributed by atoms with E-state index in [1.165, 1.54) is 17.2 Å². The number of piperidine rings is 1. The normalized spacial score (nSPS) is 20.3. The summed E-state index contributed by atoms with van der Waals surface area (Å²) < 4.78 is 54.9. The molecule has 1 aromatic heterocycles. The number of methoxy groups -OCH3 is 1. The van der Waals surface area contributed by atoms with E-state index in [-0.39, 0.29) is 23.6 Å². The molecule has 0 aliphatic carbocycles. The van der Waals surface area contributed by atoms with E-state index in [9.17, 15) is 18.0 Å². The largest absolute Gasteiger partial charge is 0.491 e. The van der Waals surface area contributed by atoms with E-state index in [0.29, 0.717) is 46.1 Å². The number of rotatable bonds is 9. The van der Waals surface area contributed by atoms with Gasteiger partial charge in [0.2, 0.25) is 0 Å². The third kappa shape index (κ3) is 6.47. The number of carbonyl (C=O) groups is 1. The van der Waals surface area contributed by atoms with Gasteiger partial charge in [0, 0.05) is 45.0 Å². The molecule has 1 amide bonds. The molecule has 1 aromatic carbocycles. The van der Waals surface area contributed by atoms with Gasteiger partial charge in [0.15, 0.2) is 0 Å². The molecule has 2 aliphatic heterocycles. The molecule has 0 saturated carbocycles. The number of amides is 1. The summed E-state index contributed by atoms with van der Waals surface area (Å²) in [5, 5.41) is 0. The minimum Gasteiger partial charge on any atom is -0.491 e. The number of ether oxygens (including phenoxy) is 3. The van der Waals surface area contributed by atoms with Crippen molar-refractivity contribution in [3.8, 4) is 5.75 Å². The topological polar surface area (TPSA) is 64.1 Å². The molecule has 10 heteroatoms. The Hall–Kier alpha value is -2.69. The van der Waals surface area contributed by atoms with Crippen molar-refractivity contribution in [2.75, 3.05) is 53.2 Å². The van der Waals surface area contributed by atoms with E-state index in [1.54, 1.807) is 12.0 Å². The van der Waals surface area contributed by atoms with E-state index < -0.39 is 11.9 Å². The van der Waals surface area contributed by atoms with Crippen LogP contribution in [0.25, 0.3) is 0 Å². The zero-order chi connectivity index (χ0) is 27.3. The van der Waals surface area contributed by atoms with Crippen LogP contribution in [-0.4, -0.2) is 79.9 Å². The van der Waals surface area contributed by atoms with Crippen molar-refractivity contribution < 1.29 is 32.2 Å². The predicted molar refractivity (Wildman–Crippen MR) is 136 cm³/mol. The Morgan fingerprint density at radius 3 is 2.53 bits per heavy atom. The van der Waals surface area contributed by atoms with Crippen molar-refractivity contribution in [3.05, 3.63) is 58.4 Å². The van der Waals surface area contributed by atoms with Crippen molar-refractivity contribution >= 4 is 5.91 Å². The average molecular weight is 536 g/mol. The van der Waals surface area contributed by atoms with Crippen LogP contribution < -0.4 is 4.74 Å². The predicted octanol–water partition coefficient (Wildman–Crippen LogP) is 4.81. The van der Waals surface area contributed by atoms with Crippen molar-refractivity contribution in [1.29, 1.82) is 0 Å². The quantitative estimate of drug-likeness (QED) is 0.430. The number of aromatic nitrogens is 1. The number of halogens is 3. The van der Waals surface area contributed by atoms with Gasteiger partial charge in [-0.1, -0.05) is 6.07 Å². The molecular formula is C28H36F3N3O4. The van der Waals surface area contributed by atoms with Crippen molar-refractivity contribution in [3.63, 3.8) is 0 Å². The van der Waals surface area contributed by atoms with E-state index in [1.807, 2.05) is 6.07 Å². The van der Waals surface area contributed by atoms with Gasteiger partial charge in [0.05, 0.1) is 25.4 Å². The standard InChI is InChI=1S/C28H36F3N3O4/c1-19-20(2)25(38-16-15-37-14-13-36-3)9-8-23(19)24-6-4-5-22-18-33(11-12-34(22)24)27(35)21-7-10-26(32-17-21)28(29,30)31/h7-10,17,22,24H,4-6,11-16,18H2,1-3H3/t22?,24-/m1/s1. The van der Waals surface area contributed by atoms with Crippen LogP contribution in [0.5, 0.6) is 5.75 Å². The summed E-state index contributed by atoms with van der Waals surface area (Å²) in [5.41, 5.74) is 2.80. The molecule has 2 fully saturated rings. The molecule has 3 heterocycles. The highest BCUT2D eigenvalue weighted by atomic mass is 19.4. The second-order valence-corrected chi connectivity index (χ2v) is 9.88. The van der Waals surface area contributed by atoms with Crippen LogP contribution >= 0.6 is 0 Å².